The molecular formula is C20H20N2O4. The molecule has 0 atom stereocenters. The van der Waals surface area contributed by atoms with E-state index >= 15 is 0 Å². The number of Topliss-reactive ketones (excluding diaryl/α,β-unsaturated/α-hetero) is 2. The molecule has 0 aliphatic carbocycles. The Morgan fingerprint density at radius 3 is 1.35 bits per heavy atom. The normalized spacial score (nSPS) is 10.1. The molecule has 2 aromatic carbocycles. The predicted octanol–water partition coefficient (Wildman–Crippen LogP) is 2.25. The number of rotatable bonds is 7. The van der Waals surface area contributed by atoms with Crippen LogP contribution >= 0.6 is 0 Å². The van der Waals surface area contributed by atoms with Gasteiger partial charge in [-0.15, -0.1) is 0 Å². The van der Waals surface area contributed by atoms with Gasteiger partial charge >= 0.3 is 0 Å². The Balaban J connectivity index is 1.84. The van der Waals surface area contributed by atoms with Crippen molar-refractivity contribution in [1.29, 1.82) is 0 Å². The predicted molar refractivity (Wildman–Crippen MR) is 97.6 cm³/mol. The summed E-state index contributed by atoms with van der Waals surface area (Å²) in [4.78, 5) is 46.9. The van der Waals surface area contributed by atoms with Gasteiger partial charge in [-0.1, -0.05) is 24.3 Å². The summed E-state index contributed by atoms with van der Waals surface area (Å²) < 4.78 is 0. The van der Waals surface area contributed by atoms with Crippen LogP contribution in [0.5, 0.6) is 0 Å². The summed E-state index contributed by atoms with van der Waals surface area (Å²) in [6.07, 6.45) is 0. The quantitative estimate of drug-likeness (QED) is 0.590. The SMILES string of the molecule is CC(=O)c1cccc(C(=O)NCCNC(=O)c2cccc(C(C)=O)c2)c1. The second kappa shape index (κ2) is 8.71. The fourth-order valence-electron chi connectivity index (χ4n) is 2.32. The van der Waals surface area contributed by atoms with Crippen molar-refractivity contribution in [2.24, 2.45) is 0 Å². The van der Waals surface area contributed by atoms with Gasteiger partial charge in [-0.3, -0.25) is 19.2 Å². The Morgan fingerprint density at radius 1 is 0.654 bits per heavy atom. The number of carbonyl (C=O) groups is 4. The summed E-state index contributed by atoms with van der Waals surface area (Å²) >= 11 is 0. The third-order valence-electron chi connectivity index (χ3n) is 3.76. The van der Waals surface area contributed by atoms with Crippen molar-refractivity contribution in [3.63, 3.8) is 0 Å². The van der Waals surface area contributed by atoms with Gasteiger partial charge < -0.3 is 10.6 Å². The summed E-state index contributed by atoms with van der Waals surface area (Å²) in [5.41, 5.74) is 1.71. The first-order chi connectivity index (χ1) is 12.4. The lowest BCUT2D eigenvalue weighted by atomic mass is 10.1. The molecule has 0 aromatic heterocycles. The molecule has 134 valence electrons. The lowest BCUT2D eigenvalue weighted by Crippen LogP contribution is -2.34. The molecular weight excluding hydrogens is 332 g/mol. The lowest BCUT2D eigenvalue weighted by Gasteiger charge is -2.08. The Morgan fingerprint density at radius 2 is 1.00 bits per heavy atom. The first kappa shape index (κ1) is 19.1. The van der Waals surface area contributed by atoms with Crippen LogP contribution in [0.2, 0.25) is 0 Å². The van der Waals surface area contributed by atoms with E-state index in [0.717, 1.165) is 0 Å². The van der Waals surface area contributed by atoms with Crippen molar-refractivity contribution in [3.05, 3.63) is 70.8 Å². The molecule has 0 heterocycles. The molecule has 0 saturated heterocycles. The van der Waals surface area contributed by atoms with Crippen LogP contribution in [-0.4, -0.2) is 36.5 Å². The molecule has 2 amide bonds. The summed E-state index contributed by atoms with van der Waals surface area (Å²) in [7, 11) is 0. The van der Waals surface area contributed by atoms with E-state index in [1.54, 1.807) is 36.4 Å². The molecule has 2 rings (SSSR count). The molecule has 0 unspecified atom stereocenters. The van der Waals surface area contributed by atoms with E-state index in [2.05, 4.69) is 10.6 Å². The second-order valence-corrected chi connectivity index (χ2v) is 5.79. The van der Waals surface area contributed by atoms with Crippen molar-refractivity contribution in [3.8, 4) is 0 Å². The maximum absolute atomic E-state index is 12.1. The van der Waals surface area contributed by atoms with Crippen molar-refractivity contribution in [2.45, 2.75) is 13.8 Å². The van der Waals surface area contributed by atoms with E-state index in [1.165, 1.54) is 26.0 Å². The molecule has 6 nitrogen and oxygen atoms in total. The molecule has 0 aliphatic heterocycles. The Kier molecular flexibility index (Phi) is 6.38. The van der Waals surface area contributed by atoms with Crippen molar-refractivity contribution < 1.29 is 19.2 Å². The molecule has 0 fully saturated rings. The highest BCUT2D eigenvalue weighted by Crippen LogP contribution is 2.07. The van der Waals surface area contributed by atoms with Gasteiger partial charge in [0.1, 0.15) is 0 Å². The number of carbonyl (C=O) groups excluding carboxylic acids is 4. The van der Waals surface area contributed by atoms with Crippen LogP contribution in [0.25, 0.3) is 0 Å². The highest BCUT2D eigenvalue weighted by molar-refractivity contribution is 6.00. The Bertz CT molecular complexity index is 787. The average molecular weight is 352 g/mol. The summed E-state index contributed by atoms with van der Waals surface area (Å²) in [6.45, 7) is 3.35. The first-order valence-electron chi connectivity index (χ1n) is 8.17. The van der Waals surface area contributed by atoms with E-state index in [9.17, 15) is 19.2 Å². The minimum absolute atomic E-state index is 0.111. The minimum Gasteiger partial charge on any atom is -0.350 e. The van der Waals surface area contributed by atoms with Crippen LogP contribution in [0.3, 0.4) is 0 Å². The molecule has 2 N–H and O–H groups in total. The number of ketones is 2. The molecule has 0 radical (unpaired) electrons. The van der Waals surface area contributed by atoms with Crippen molar-refractivity contribution >= 4 is 23.4 Å². The zero-order valence-electron chi connectivity index (χ0n) is 14.7. The zero-order valence-corrected chi connectivity index (χ0v) is 14.7. The van der Waals surface area contributed by atoms with E-state index < -0.39 is 0 Å². The maximum Gasteiger partial charge on any atom is 0.251 e. The average Bonchev–Trinajstić information content (AvgIpc) is 2.65. The largest absolute Gasteiger partial charge is 0.350 e. The van der Waals surface area contributed by atoms with Crippen LogP contribution in [0.15, 0.2) is 48.5 Å². The van der Waals surface area contributed by atoms with E-state index in [-0.39, 0.29) is 36.5 Å². The van der Waals surface area contributed by atoms with Crippen LogP contribution < -0.4 is 10.6 Å². The van der Waals surface area contributed by atoms with Crippen LogP contribution in [0, 0.1) is 0 Å². The number of benzene rings is 2. The third kappa shape index (κ3) is 5.11. The smallest absolute Gasteiger partial charge is 0.251 e. The molecule has 0 saturated carbocycles. The maximum atomic E-state index is 12.1. The van der Waals surface area contributed by atoms with E-state index in [0.29, 0.717) is 22.3 Å². The second-order valence-electron chi connectivity index (χ2n) is 5.79. The number of hydrogen-bond acceptors (Lipinski definition) is 4. The molecule has 0 spiro atoms. The monoisotopic (exact) mass is 352 g/mol. The first-order valence-corrected chi connectivity index (χ1v) is 8.17. The molecule has 6 heteroatoms. The summed E-state index contributed by atoms with van der Waals surface area (Å²) in [6, 6.07) is 12.9. The van der Waals surface area contributed by atoms with Crippen molar-refractivity contribution in [2.75, 3.05) is 13.1 Å². The number of nitrogens with one attached hydrogen (secondary N) is 2. The van der Waals surface area contributed by atoms with Gasteiger partial charge in [0.15, 0.2) is 11.6 Å². The zero-order chi connectivity index (χ0) is 19.1. The molecule has 0 bridgehead atoms. The number of hydrogen-bond donors (Lipinski definition) is 2. The molecule has 2 aromatic rings. The van der Waals surface area contributed by atoms with Gasteiger partial charge in [-0.25, -0.2) is 0 Å². The van der Waals surface area contributed by atoms with Crippen LogP contribution in [-0.2, 0) is 0 Å². The van der Waals surface area contributed by atoms with Gasteiger partial charge in [0.2, 0.25) is 0 Å². The lowest BCUT2D eigenvalue weighted by molar-refractivity contribution is 0.0927. The fourth-order valence-corrected chi connectivity index (χ4v) is 2.32. The van der Waals surface area contributed by atoms with Crippen molar-refractivity contribution in [1.82, 2.24) is 10.6 Å². The van der Waals surface area contributed by atoms with Gasteiger partial charge in [0.25, 0.3) is 11.8 Å². The summed E-state index contributed by atoms with van der Waals surface area (Å²) in [5, 5.41) is 5.36. The number of amides is 2. The van der Waals surface area contributed by atoms with Gasteiger partial charge in [-0.05, 0) is 38.1 Å². The van der Waals surface area contributed by atoms with E-state index in [1.807, 2.05) is 0 Å². The van der Waals surface area contributed by atoms with Gasteiger partial charge in [-0.2, -0.15) is 0 Å². The van der Waals surface area contributed by atoms with E-state index in [4.69, 9.17) is 0 Å². The highest BCUT2D eigenvalue weighted by Gasteiger charge is 2.09. The van der Waals surface area contributed by atoms with Crippen LogP contribution in [0.1, 0.15) is 55.3 Å². The topological polar surface area (TPSA) is 92.3 Å². The van der Waals surface area contributed by atoms with Crippen LogP contribution in [0.4, 0.5) is 0 Å². The molecule has 26 heavy (non-hydrogen) atoms. The van der Waals surface area contributed by atoms with Gasteiger partial charge in [0, 0.05) is 35.3 Å². The summed E-state index contributed by atoms with van der Waals surface area (Å²) in [5.74, 6) is -0.860. The van der Waals surface area contributed by atoms with Gasteiger partial charge in [0.05, 0.1) is 0 Å². The molecule has 0 aliphatic rings. The minimum atomic E-state index is -0.319. The Labute approximate surface area is 151 Å². The highest BCUT2D eigenvalue weighted by atomic mass is 16.2. The Hall–Kier alpha value is -3.28. The fraction of sp³-hybridized carbons (Fsp3) is 0.200. The standard InChI is InChI=1S/C20H20N2O4/c1-13(23)15-5-3-7-17(11-15)19(25)21-9-10-22-20(26)18-8-4-6-16(12-18)14(2)24/h3-8,11-12H,9-10H2,1-2H3,(H,21,25)(H,22,26). The third-order valence-corrected chi connectivity index (χ3v) is 3.76.